The number of hydrogen-bond donors (Lipinski definition) is 3. The van der Waals surface area contributed by atoms with Gasteiger partial charge < -0.3 is 39.0 Å². The van der Waals surface area contributed by atoms with E-state index in [9.17, 15) is 24.9 Å². The summed E-state index contributed by atoms with van der Waals surface area (Å²) in [5.74, 6) is -5.94. The van der Waals surface area contributed by atoms with Gasteiger partial charge >= 0.3 is 11.9 Å². The Labute approximate surface area is 265 Å². The van der Waals surface area contributed by atoms with Gasteiger partial charge in [-0.2, -0.15) is 0 Å². The van der Waals surface area contributed by atoms with Gasteiger partial charge in [-0.25, -0.2) is 4.79 Å². The number of aliphatic hydroxyl groups excluding tert-OH is 2. The fourth-order valence-electron chi connectivity index (χ4n) is 9.20. The zero-order valence-electron chi connectivity index (χ0n) is 25.7. The summed E-state index contributed by atoms with van der Waals surface area (Å²) >= 11 is 0. The van der Waals surface area contributed by atoms with E-state index in [1.54, 1.807) is 50.3 Å². The zero-order chi connectivity index (χ0) is 32.4. The van der Waals surface area contributed by atoms with Crippen molar-refractivity contribution < 1.29 is 48.6 Å². The highest BCUT2D eigenvalue weighted by Gasteiger charge is 2.90. The molecule has 3 N–H and O–H groups in total. The molecule has 3 heterocycles. The molecule has 2 saturated carbocycles. The van der Waals surface area contributed by atoms with Crippen LogP contribution in [0.3, 0.4) is 0 Å². The van der Waals surface area contributed by atoms with E-state index in [2.05, 4.69) is 6.58 Å². The molecule has 10 heteroatoms. The van der Waals surface area contributed by atoms with Gasteiger partial charge in [-0.1, -0.05) is 80.2 Å². The quantitative estimate of drug-likeness (QED) is 0.189. The van der Waals surface area contributed by atoms with Crippen molar-refractivity contribution in [3.63, 3.8) is 0 Å². The molecule has 10 nitrogen and oxygen atoms in total. The van der Waals surface area contributed by atoms with Crippen molar-refractivity contribution in [2.24, 2.45) is 17.8 Å². The number of ketones is 1. The molecule has 3 aliphatic heterocycles. The van der Waals surface area contributed by atoms with Crippen LogP contribution in [0, 0.1) is 17.8 Å². The normalized spacial score (nSPS) is 46.3. The van der Waals surface area contributed by atoms with Crippen molar-refractivity contribution in [2.45, 2.75) is 73.6 Å². The molecule has 3 bridgehead atoms. The largest absolute Gasteiger partial charge is 0.455 e. The number of rotatable bonds is 6. The smallest absolute Gasteiger partial charge is 0.331 e. The Morgan fingerprint density at radius 3 is 2.37 bits per heavy atom. The third-order valence-corrected chi connectivity index (χ3v) is 11.3. The van der Waals surface area contributed by atoms with Gasteiger partial charge in [-0.15, -0.1) is 0 Å². The van der Waals surface area contributed by atoms with E-state index in [1.807, 2.05) is 43.3 Å². The molecule has 0 radical (unpaired) electrons. The third kappa shape index (κ3) is 3.40. The molecule has 5 fully saturated rings. The SMILES string of the molecule is C=C(C)[C@@]12O[C@@]3(c4ccccc4)O[C@@H]1[C@@H]1[C@@H]4O[C@]4(CO)[C@@H](O)[C@]4(O)C(=O)C(C)=C[C@H]4[C@@]1(O3)[C@H](C)[C@H]2OC(=O)C=Cc1ccccc1. The maximum absolute atomic E-state index is 13.8. The Kier molecular flexibility index (Phi) is 6.20. The van der Waals surface area contributed by atoms with Gasteiger partial charge in [0.15, 0.2) is 17.0 Å². The monoisotopic (exact) mass is 628 g/mol. The first kappa shape index (κ1) is 29.9. The molecular weight excluding hydrogens is 592 g/mol. The van der Waals surface area contributed by atoms with Crippen LogP contribution in [0.4, 0.5) is 0 Å². The minimum Gasteiger partial charge on any atom is -0.455 e. The minimum atomic E-state index is -2.43. The molecule has 12 atom stereocenters. The highest BCUT2D eigenvalue weighted by atomic mass is 16.9. The Bertz CT molecular complexity index is 1710. The summed E-state index contributed by atoms with van der Waals surface area (Å²) in [7, 11) is 0. The summed E-state index contributed by atoms with van der Waals surface area (Å²) in [5.41, 5.74) is -5.12. The fourth-order valence-corrected chi connectivity index (χ4v) is 9.20. The molecule has 3 saturated heterocycles. The fraction of sp³-hybridized carbons (Fsp3) is 0.444. The number of benzene rings is 2. The lowest BCUT2D eigenvalue weighted by Gasteiger charge is -2.61. The van der Waals surface area contributed by atoms with Gasteiger partial charge in [-0.05, 0) is 36.6 Å². The number of ether oxygens (including phenoxy) is 5. The number of hydrogen-bond acceptors (Lipinski definition) is 10. The van der Waals surface area contributed by atoms with Crippen LogP contribution in [0.5, 0.6) is 0 Å². The van der Waals surface area contributed by atoms with Crippen LogP contribution in [0.2, 0.25) is 0 Å². The Morgan fingerprint density at radius 1 is 1.04 bits per heavy atom. The number of fused-ring (bicyclic) bond motifs is 3. The number of carbonyl (C=O) groups excluding carboxylic acids is 2. The second kappa shape index (κ2) is 9.54. The first-order valence-electron chi connectivity index (χ1n) is 15.6. The van der Waals surface area contributed by atoms with Crippen LogP contribution in [0.25, 0.3) is 6.08 Å². The van der Waals surface area contributed by atoms with E-state index >= 15 is 0 Å². The molecule has 0 aromatic heterocycles. The van der Waals surface area contributed by atoms with Crippen molar-refractivity contribution in [1.29, 1.82) is 0 Å². The van der Waals surface area contributed by atoms with Gasteiger partial charge in [-0.3, -0.25) is 4.79 Å². The Hall–Kier alpha value is -3.48. The van der Waals surface area contributed by atoms with Gasteiger partial charge in [0, 0.05) is 29.4 Å². The number of Topliss-reactive ketones (excluding diaryl/α,β-unsaturated/α-hetero) is 1. The molecule has 0 amide bonds. The molecule has 240 valence electrons. The maximum Gasteiger partial charge on any atom is 0.331 e. The van der Waals surface area contributed by atoms with E-state index in [4.69, 9.17) is 23.7 Å². The van der Waals surface area contributed by atoms with Crippen LogP contribution in [0.15, 0.2) is 90.5 Å². The molecule has 6 aliphatic rings. The van der Waals surface area contributed by atoms with Gasteiger partial charge in [0.05, 0.1) is 12.2 Å². The van der Waals surface area contributed by atoms with E-state index in [-0.39, 0.29) is 5.57 Å². The number of aliphatic hydroxyl groups is 3. The molecule has 46 heavy (non-hydrogen) atoms. The predicted molar refractivity (Wildman–Crippen MR) is 161 cm³/mol. The minimum absolute atomic E-state index is 0.229. The number of esters is 1. The molecule has 8 rings (SSSR count). The molecule has 0 spiro atoms. The topological polar surface area (TPSA) is 144 Å². The van der Waals surface area contributed by atoms with Crippen molar-refractivity contribution in [2.75, 3.05) is 6.61 Å². The van der Waals surface area contributed by atoms with Crippen LogP contribution in [0.1, 0.15) is 31.9 Å². The van der Waals surface area contributed by atoms with Crippen molar-refractivity contribution in [3.8, 4) is 0 Å². The second-order valence-electron chi connectivity index (χ2n) is 13.5. The Morgan fingerprint density at radius 2 is 1.72 bits per heavy atom. The lowest BCUT2D eigenvalue weighted by molar-refractivity contribution is -0.440. The summed E-state index contributed by atoms with van der Waals surface area (Å²) in [5, 5.41) is 34.9. The number of carbonyl (C=O) groups is 2. The highest BCUT2D eigenvalue weighted by molar-refractivity contribution is 6.05. The Balaban J connectivity index is 1.35. The predicted octanol–water partition coefficient (Wildman–Crippen LogP) is 2.57. The van der Waals surface area contributed by atoms with Crippen LogP contribution >= 0.6 is 0 Å². The van der Waals surface area contributed by atoms with Gasteiger partial charge in [0.1, 0.15) is 30.0 Å². The van der Waals surface area contributed by atoms with Crippen LogP contribution in [-0.2, 0) is 39.2 Å². The summed E-state index contributed by atoms with van der Waals surface area (Å²) in [6.07, 6.45) is -0.138. The van der Waals surface area contributed by atoms with E-state index < -0.39 is 88.9 Å². The van der Waals surface area contributed by atoms with Crippen LogP contribution < -0.4 is 0 Å². The third-order valence-electron chi connectivity index (χ3n) is 11.3. The molecule has 3 aliphatic carbocycles. The lowest BCUT2D eigenvalue weighted by atomic mass is 9.53. The first-order chi connectivity index (χ1) is 21.9. The van der Waals surface area contributed by atoms with Gasteiger partial charge in [0.25, 0.3) is 0 Å². The van der Waals surface area contributed by atoms with E-state index in [1.165, 1.54) is 6.08 Å². The average molecular weight is 629 g/mol. The van der Waals surface area contributed by atoms with E-state index in [0.717, 1.165) is 5.56 Å². The lowest BCUT2D eigenvalue weighted by Crippen LogP contribution is -2.76. The molecule has 2 aromatic rings. The number of epoxide rings is 1. The van der Waals surface area contributed by atoms with Gasteiger partial charge in [0.2, 0.25) is 0 Å². The average Bonchev–Trinajstić information content (AvgIpc) is 3.68. The zero-order valence-corrected chi connectivity index (χ0v) is 25.7. The summed E-state index contributed by atoms with van der Waals surface area (Å²) in [4.78, 5) is 27.4. The van der Waals surface area contributed by atoms with Crippen LogP contribution in [-0.4, -0.2) is 80.5 Å². The van der Waals surface area contributed by atoms with Crippen molar-refractivity contribution in [3.05, 3.63) is 102 Å². The first-order valence-corrected chi connectivity index (χ1v) is 15.6. The summed E-state index contributed by atoms with van der Waals surface area (Å²) in [6.45, 7) is 8.80. The van der Waals surface area contributed by atoms with Crippen molar-refractivity contribution in [1.82, 2.24) is 0 Å². The molecule has 0 unspecified atom stereocenters. The molecule has 2 aromatic carbocycles. The summed E-state index contributed by atoms with van der Waals surface area (Å²) < 4.78 is 33.3. The van der Waals surface area contributed by atoms with E-state index in [0.29, 0.717) is 11.1 Å². The standard InChI is InChI=1S/C36H36O10/c1-19(2)34-28(42-25(38)16-15-22-11-7-5-8-12-22)21(4)35-24-17-20(3)27(39)33(24,41)31(40)32(18-37)29(43-32)26(35)30(34)44-36(45-34,46-35)23-13-9-6-10-14-23/h5-17,21,24,26,28-31,37,40-41H,1,18H2,2-4H3/t21-,24-,26+,28-,29+,30-,31-,32+,33-,34+,35+,36-/m1/s1. The maximum atomic E-state index is 13.8. The van der Waals surface area contributed by atoms with Crippen molar-refractivity contribution >= 4 is 17.8 Å². The highest BCUT2D eigenvalue weighted by Crippen LogP contribution is 2.74. The summed E-state index contributed by atoms with van der Waals surface area (Å²) in [6, 6.07) is 18.3. The molecular formula is C36H36O10. The second-order valence-corrected chi connectivity index (χ2v) is 13.5.